The van der Waals surface area contributed by atoms with Gasteiger partial charge in [-0.1, -0.05) is 30.0 Å². The number of hydrogen-bond acceptors (Lipinski definition) is 7. The van der Waals surface area contributed by atoms with Gasteiger partial charge in [-0.2, -0.15) is 0 Å². The minimum Gasteiger partial charge on any atom is -0.486 e. The topological polar surface area (TPSA) is 58.4 Å². The van der Waals surface area contributed by atoms with Gasteiger partial charge in [0, 0.05) is 12.4 Å². The van der Waals surface area contributed by atoms with E-state index in [1.807, 2.05) is 30.3 Å². The lowest BCUT2D eigenvalue weighted by atomic mass is 10.2. The van der Waals surface area contributed by atoms with Gasteiger partial charge in [0.1, 0.15) is 12.7 Å². The SMILES string of the molecule is c1csc(-c2nnc(SC[C@@H]3COc4ccccc4O3)n2C[C@@H]2CCCO2)c1. The van der Waals surface area contributed by atoms with Crippen LogP contribution in [0.1, 0.15) is 12.8 Å². The normalized spacial score (nSPS) is 21.1. The van der Waals surface area contributed by atoms with Crippen LogP contribution in [0.4, 0.5) is 0 Å². The number of thiophene rings is 1. The molecule has 3 aromatic rings. The van der Waals surface area contributed by atoms with Gasteiger partial charge in [-0.3, -0.25) is 4.57 Å². The molecule has 2 aliphatic heterocycles. The summed E-state index contributed by atoms with van der Waals surface area (Å²) in [6, 6.07) is 11.9. The molecular weight excluding hydrogens is 394 g/mol. The Balaban J connectivity index is 1.32. The Morgan fingerprint density at radius 3 is 2.86 bits per heavy atom. The minimum atomic E-state index is -0.0158. The van der Waals surface area contributed by atoms with Crippen LogP contribution in [0.2, 0.25) is 0 Å². The number of nitrogens with zero attached hydrogens (tertiary/aromatic N) is 3. The molecule has 0 bridgehead atoms. The van der Waals surface area contributed by atoms with Crippen molar-refractivity contribution in [1.82, 2.24) is 14.8 Å². The van der Waals surface area contributed by atoms with Crippen molar-refractivity contribution in [3.8, 4) is 22.2 Å². The summed E-state index contributed by atoms with van der Waals surface area (Å²) < 4.78 is 20.0. The van der Waals surface area contributed by atoms with Crippen molar-refractivity contribution < 1.29 is 14.2 Å². The van der Waals surface area contributed by atoms with E-state index in [0.29, 0.717) is 6.61 Å². The Hall–Kier alpha value is -2.03. The number of ether oxygens (including phenoxy) is 3. The number of aromatic nitrogens is 3. The van der Waals surface area contributed by atoms with Crippen molar-refractivity contribution in [3.63, 3.8) is 0 Å². The molecule has 8 heteroatoms. The van der Waals surface area contributed by atoms with Crippen molar-refractivity contribution in [2.45, 2.75) is 36.8 Å². The van der Waals surface area contributed by atoms with Crippen LogP contribution in [0, 0.1) is 0 Å². The monoisotopic (exact) mass is 415 g/mol. The average Bonchev–Trinajstić information content (AvgIpc) is 3.49. The third-order valence-electron chi connectivity index (χ3n) is 4.83. The second-order valence-electron chi connectivity index (χ2n) is 6.84. The molecule has 0 amide bonds. The van der Waals surface area contributed by atoms with Crippen LogP contribution >= 0.6 is 23.1 Å². The fourth-order valence-corrected chi connectivity index (χ4v) is 5.08. The zero-order valence-electron chi connectivity index (χ0n) is 15.3. The van der Waals surface area contributed by atoms with Crippen LogP contribution in [0.25, 0.3) is 10.7 Å². The summed E-state index contributed by atoms with van der Waals surface area (Å²) >= 11 is 3.34. The van der Waals surface area contributed by atoms with Crippen molar-refractivity contribution in [2.24, 2.45) is 0 Å². The molecule has 1 saturated heterocycles. The van der Waals surface area contributed by atoms with Gasteiger partial charge < -0.3 is 14.2 Å². The Morgan fingerprint density at radius 2 is 2.04 bits per heavy atom. The molecule has 6 nitrogen and oxygen atoms in total. The highest BCUT2D eigenvalue weighted by Crippen LogP contribution is 2.33. The fourth-order valence-electron chi connectivity index (χ4n) is 3.45. The first-order valence-corrected chi connectivity index (χ1v) is 11.3. The Morgan fingerprint density at radius 1 is 1.11 bits per heavy atom. The van der Waals surface area contributed by atoms with E-state index in [1.54, 1.807) is 23.1 Å². The van der Waals surface area contributed by atoms with E-state index < -0.39 is 0 Å². The largest absolute Gasteiger partial charge is 0.486 e. The van der Waals surface area contributed by atoms with E-state index in [-0.39, 0.29) is 12.2 Å². The van der Waals surface area contributed by atoms with E-state index >= 15 is 0 Å². The summed E-state index contributed by atoms with van der Waals surface area (Å²) in [4.78, 5) is 1.13. The zero-order chi connectivity index (χ0) is 18.8. The predicted molar refractivity (Wildman–Crippen MR) is 109 cm³/mol. The maximum atomic E-state index is 6.08. The molecule has 0 aliphatic carbocycles. The average molecular weight is 416 g/mol. The highest BCUT2D eigenvalue weighted by Gasteiger charge is 2.25. The van der Waals surface area contributed by atoms with E-state index in [0.717, 1.165) is 59.1 Å². The number of para-hydroxylation sites is 2. The van der Waals surface area contributed by atoms with Crippen LogP contribution in [0.15, 0.2) is 46.9 Å². The third-order valence-corrected chi connectivity index (χ3v) is 6.80. The van der Waals surface area contributed by atoms with Crippen LogP contribution in [-0.2, 0) is 11.3 Å². The number of hydrogen-bond donors (Lipinski definition) is 0. The van der Waals surface area contributed by atoms with Crippen LogP contribution in [-0.4, -0.2) is 45.9 Å². The summed E-state index contributed by atoms with van der Waals surface area (Å²) in [6.45, 7) is 2.17. The molecule has 5 rings (SSSR count). The molecule has 0 spiro atoms. The van der Waals surface area contributed by atoms with Crippen LogP contribution in [0.3, 0.4) is 0 Å². The van der Waals surface area contributed by atoms with Gasteiger partial charge in [-0.15, -0.1) is 21.5 Å². The predicted octanol–water partition coefficient (Wildman–Crippen LogP) is 4.12. The molecule has 0 saturated carbocycles. The zero-order valence-corrected chi connectivity index (χ0v) is 17.0. The highest BCUT2D eigenvalue weighted by atomic mass is 32.2. The summed E-state index contributed by atoms with van der Waals surface area (Å²) in [7, 11) is 0. The molecule has 1 aromatic carbocycles. The van der Waals surface area contributed by atoms with Gasteiger partial charge in [0.25, 0.3) is 0 Å². The molecule has 2 atom stereocenters. The van der Waals surface area contributed by atoms with Crippen molar-refractivity contribution in [1.29, 1.82) is 0 Å². The molecule has 0 unspecified atom stereocenters. The first kappa shape index (κ1) is 18.0. The third kappa shape index (κ3) is 3.76. The summed E-state index contributed by atoms with van der Waals surface area (Å²) in [6.07, 6.45) is 2.42. The van der Waals surface area contributed by atoms with E-state index in [9.17, 15) is 0 Å². The summed E-state index contributed by atoms with van der Waals surface area (Å²) in [5, 5.41) is 11.9. The molecule has 0 radical (unpaired) electrons. The highest BCUT2D eigenvalue weighted by molar-refractivity contribution is 7.99. The summed E-state index contributed by atoms with van der Waals surface area (Å²) in [5.74, 6) is 3.28. The lowest BCUT2D eigenvalue weighted by molar-refractivity contribution is 0.0952. The molecule has 0 N–H and O–H groups in total. The quantitative estimate of drug-likeness (QED) is 0.565. The Kier molecular flexibility index (Phi) is 5.24. The molecule has 1 fully saturated rings. The standard InChI is InChI=1S/C20H21N3O3S2/c1-2-7-17-16(6-1)25-12-15(26-17)13-28-20-22-21-19(18-8-4-10-27-18)23(20)11-14-5-3-9-24-14/h1-2,4,6-8,10,14-15H,3,5,9,11-13H2/t14-,15-/m0/s1. The molecule has 4 heterocycles. The Labute approximate surface area is 171 Å². The first-order valence-electron chi connectivity index (χ1n) is 9.47. The second kappa shape index (κ2) is 8.14. The van der Waals surface area contributed by atoms with Gasteiger partial charge in [-0.25, -0.2) is 0 Å². The lowest BCUT2D eigenvalue weighted by Crippen LogP contribution is -2.31. The molecule has 28 heavy (non-hydrogen) atoms. The van der Waals surface area contributed by atoms with Crippen molar-refractivity contribution in [3.05, 3.63) is 41.8 Å². The van der Waals surface area contributed by atoms with Gasteiger partial charge in [0.05, 0.1) is 17.5 Å². The summed E-state index contributed by atoms with van der Waals surface area (Å²) in [5.41, 5.74) is 0. The smallest absolute Gasteiger partial charge is 0.191 e. The van der Waals surface area contributed by atoms with E-state index in [1.165, 1.54) is 0 Å². The Bertz CT molecular complexity index is 923. The van der Waals surface area contributed by atoms with Crippen molar-refractivity contribution in [2.75, 3.05) is 19.0 Å². The minimum absolute atomic E-state index is 0.0158. The maximum Gasteiger partial charge on any atom is 0.191 e. The van der Waals surface area contributed by atoms with Crippen LogP contribution in [0.5, 0.6) is 11.5 Å². The first-order chi connectivity index (χ1) is 13.9. The number of thioether (sulfide) groups is 1. The van der Waals surface area contributed by atoms with Gasteiger partial charge >= 0.3 is 0 Å². The lowest BCUT2D eigenvalue weighted by Gasteiger charge is -2.26. The van der Waals surface area contributed by atoms with Gasteiger partial charge in [-0.05, 0) is 36.4 Å². The molecule has 2 aromatic heterocycles. The van der Waals surface area contributed by atoms with Crippen LogP contribution < -0.4 is 9.47 Å². The maximum absolute atomic E-state index is 6.08. The van der Waals surface area contributed by atoms with Crippen molar-refractivity contribution >= 4 is 23.1 Å². The number of rotatable bonds is 6. The van der Waals surface area contributed by atoms with Gasteiger partial charge in [0.15, 0.2) is 22.5 Å². The number of benzene rings is 1. The fraction of sp³-hybridized carbons (Fsp3) is 0.400. The second-order valence-corrected chi connectivity index (χ2v) is 8.77. The molecular formula is C20H21N3O3S2. The number of fused-ring (bicyclic) bond motifs is 1. The van der Waals surface area contributed by atoms with E-state index in [4.69, 9.17) is 14.2 Å². The van der Waals surface area contributed by atoms with E-state index in [2.05, 4.69) is 26.2 Å². The van der Waals surface area contributed by atoms with Gasteiger partial charge in [0.2, 0.25) is 0 Å². The molecule has 2 aliphatic rings. The molecule has 146 valence electrons.